The smallest absolute Gasteiger partial charge is 0.0617 e. The zero-order chi connectivity index (χ0) is 9.40. The van der Waals surface area contributed by atoms with E-state index in [1.54, 1.807) is 7.11 Å². The van der Waals surface area contributed by atoms with E-state index in [4.69, 9.17) is 4.74 Å². The van der Waals surface area contributed by atoms with E-state index in [9.17, 15) is 0 Å². The minimum Gasteiger partial charge on any atom is -0.383 e. The Kier molecular flexibility index (Phi) is 7.51. The predicted molar refractivity (Wildman–Crippen MR) is 53.5 cm³/mol. The SMILES string of the molecule is CCC.COCC1CCCN1C. The van der Waals surface area contributed by atoms with Gasteiger partial charge in [-0.3, -0.25) is 0 Å². The molecule has 1 unspecified atom stereocenters. The second-order valence-corrected chi connectivity index (χ2v) is 3.44. The van der Waals surface area contributed by atoms with Crippen molar-refractivity contribution < 1.29 is 4.74 Å². The Morgan fingerprint density at radius 1 is 1.42 bits per heavy atom. The molecule has 0 N–H and O–H groups in total. The van der Waals surface area contributed by atoms with Gasteiger partial charge in [-0.1, -0.05) is 20.3 Å². The van der Waals surface area contributed by atoms with Crippen LogP contribution in [0.5, 0.6) is 0 Å². The van der Waals surface area contributed by atoms with Crippen LogP contribution in [-0.4, -0.2) is 38.3 Å². The van der Waals surface area contributed by atoms with Gasteiger partial charge in [-0.05, 0) is 26.4 Å². The van der Waals surface area contributed by atoms with Crippen LogP contribution in [0.3, 0.4) is 0 Å². The maximum absolute atomic E-state index is 5.05. The van der Waals surface area contributed by atoms with Gasteiger partial charge in [0.2, 0.25) is 0 Å². The lowest BCUT2D eigenvalue weighted by Crippen LogP contribution is -2.28. The quantitative estimate of drug-likeness (QED) is 0.634. The van der Waals surface area contributed by atoms with Crippen molar-refractivity contribution in [3.63, 3.8) is 0 Å². The Morgan fingerprint density at radius 2 is 2.00 bits per heavy atom. The molecule has 1 aliphatic heterocycles. The molecule has 2 heteroatoms. The van der Waals surface area contributed by atoms with Crippen LogP contribution in [0.4, 0.5) is 0 Å². The van der Waals surface area contributed by atoms with Crippen LogP contribution >= 0.6 is 0 Å². The third-order valence-corrected chi connectivity index (χ3v) is 2.03. The van der Waals surface area contributed by atoms with E-state index in [2.05, 4.69) is 25.8 Å². The van der Waals surface area contributed by atoms with Gasteiger partial charge in [-0.25, -0.2) is 0 Å². The molecule has 2 nitrogen and oxygen atoms in total. The molecule has 0 saturated carbocycles. The Morgan fingerprint density at radius 3 is 2.33 bits per heavy atom. The Hall–Kier alpha value is -0.0800. The van der Waals surface area contributed by atoms with Crippen LogP contribution in [0, 0.1) is 0 Å². The highest BCUT2D eigenvalue weighted by Gasteiger charge is 2.19. The van der Waals surface area contributed by atoms with E-state index in [1.807, 2.05) is 0 Å². The number of hydrogen-bond donors (Lipinski definition) is 0. The zero-order valence-corrected chi connectivity index (χ0v) is 8.97. The lowest BCUT2D eigenvalue weighted by atomic mass is 10.2. The molecule has 1 heterocycles. The van der Waals surface area contributed by atoms with Gasteiger partial charge >= 0.3 is 0 Å². The highest BCUT2D eigenvalue weighted by Crippen LogP contribution is 2.13. The monoisotopic (exact) mass is 173 g/mol. The second kappa shape index (κ2) is 7.56. The average Bonchev–Trinajstić information content (AvgIpc) is 2.39. The summed E-state index contributed by atoms with van der Waals surface area (Å²) >= 11 is 0. The van der Waals surface area contributed by atoms with Crippen molar-refractivity contribution in [2.45, 2.75) is 39.2 Å². The first-order chi connectivity index (χ1) is 5.76. The van der Waals surface area contributed by atoms with Crippen LogP contribution < -0.4 is 0 Å². The fourth-order valence-corrected chi connectivity index (χ4v) is 1.38. The van der Waals surface area contributed by atoms with E-state index in [-0.39, 0.29) is 0 Å². The number of nitrogens with zero attached hydrogens (tertiary/aromatic N) is 1. The maximum atomic E-state index is 5.05. The second-order valence-electron chi connectivity index (χ2n) is 3.44. The van der Waals surface area contributed by atoms with Gasteiger partial charge < -0.3 is 9.64 Å². The van der Waals surface area contributed by atoms with Gasteiger partial charge in [0.15, 0.2) is 0 Å². The summed E-state index contributed by atoms with van der Waals surface area (Å²) in [5.74, 6) is 0. The number of hydrogen-bond acceptors (Lipinski definition) is 2. The molecule has 0 aromatic rings. The minimum atomic E-state index is 0.690. The molecular weight excluding hydrogens is 150 g/mol. The molecule has 1 aliphatic rings. The molecule has 0 amide bonds. The van der Waals surface area contributed by atoms with Gasteiger partial charge in [0, 0.05) is 13.2 Å². The third kappa shape index (κ3) is 4.73. The molecule has 1 saturated heterocycles. The van der Waals surface area contributed by atoms with E-state index in [0.717, 1.165) is 6.61 Å². The van der Waals surface area contributed by atoms with Gasteiger partial charge in [0.25, 0.3) is 0 Å². The predicted octanol–water partition coefficient (Wildman–Crippen LogP) is 2.14. The first kappa shape index (κ1) is 11.9. The normalized spacial score (nSPS) is 23.5. The Balaban J connectivity index is 0.000000354. The summed E-state index contributed by atoms with van der Waals surface area (Å²) in [5, 5.41) is 0. The number of methoxy groups -OCH3 is 1. The van der Waals surface area contributed by atoms with Gasteiger partial charge in [-0.2, -0.15) is 0 Å². The third-order valence-electron chi connectivity index (χ3n) is 2.03. The summed E-state index contributed by atoms with van der Waals surface area (Å²) < 4.78 is 5.05. The van der Waals surface area contributed by atoms with Crippen molar-refractivity contribution in [3.8, 4) is 0 Å². The van der Waals surface area contributed by atoms with E-state index in [0.29, 0.717) is 6.04 Å². The van der Waals surface area contributed by atoms with Crippen LogP contribution in [0.25, 0.3) is 0 Å². The van der Waals surface area contributed by atoms with Gasteiger partial charge in [0.1, 0.15) is 0 Å². The topological polar surface area (TPSA) is 12.5 Å². The molecular formula is C10H23NO. The fraction of sp³-hybridized carbons (Fsp3) is 1.00. The Bertz CT molecular complexity index is 95.8. The van der Waals surface area contributed by atoms with Crippen LogP contribution in [0.2, 0.25) is 0 Å². The summed E-state index contributed by atoms with van der Waals surface area (Å²) in [6.07, 6.45) is 3.90. The molecule has 74 valence electrons. The van der Waals surface area contributed by atoms with Crippen molar-refractivity contribution in [1.82, 2.24) is 4.90 Å². The van der Waals surface area contributed by atoms with Crippen LogP contribution in [-0.2, 0) is 4.74 Å². The van der Waals surface area contributed by atoms with Crippen LogP contribution in [0.15, 0.2) is 0 Å². The fourth-order valence-electron chi connectivity index (χ4n) is 1.38. The maximum Gasteiger partial charge on any atom is 0.0617 e. The summed E-state index contributed by atoms with van der Waals surface area (Å²) in [6, 6.07) is 0.690. The lowest BCUT2D eigenvalue weighted by molar-refractivity contribution is 0.129. The van der Waals surface area contributed by atoms with Crippen molar-refractivity contribution in [1.29, 1.82) is 0 Å². The first-order valence-electron chi connectivity index (χ1n) is 4.95. The van der Waals surface area contributed by atoms with E-state index < -0.39 is 0 Å². The molecule has 0 aliphatic carbocycles. The van der Waals surface area contributed by atoms with Crippen molar-refractivity contribution in [3.05, 3.63) is 0 Å². The van der Waals surface area contributed by atoms with Crippen molar-refractivity contribution in [2.24, 2.45) is 0 Å². The summed E-state index contributed by atoms with van der Waals surface area (Å²) in [4.78, 5) is 2.36. The summed E-state index contributed by atoms with van der Waals surface area (Å²) in [6.45, 7) is 6.39. The molecule has 0 bridgehead atoms. The largest absolute Gasteiger partial charge is 0.383 e. The summed E-state index contributed by atoms with van der Waals surface area (Å²) in [7, 11) is 3.93. The average molecular weight is 173 g/mol. The number of likely N-dealkylation sites (N-methyl/N-ethyl adjacent to an activating group) is 1. The zero-order valence-electron chi connectivity index (χ0n) is 8.97. The minimum absolute atomic E-state index is 0.690. The van der Waals surface area contributed by atoms with Crippen molar-refractivity contribution in [2.75, 3.05) is 27.3 Å². The molecule has 1 atom stereocenters. The van der Waals surface area contributed by atoms with Crippen molar-refractivity contribution >= 4 is 0 Å². The lowest BCUT2D eigenvalue weighted by Gasteiger charge is -2.17. The van der Waals surface area contributed by atoms with E-state index in [1.165, 1.54) is 25.8 Å². The van der Waals surface area contributed by atoms with Gasteiger partial charge in [-0.15, -0.1) is 0 Å². The number of likely N-dealkylation sites (tertiary alicyclic amines) is 1. The molecule has 0 radical (unpaired) electrons. The highest BCUT2D eigenvalue weighted by atomic mass is 16.5. The molecule has 12 heavy (non-hydrogen) atoms. The molecule has 0 aromatic heterocycles. The van der Waals surface area contributed by atoms with Gasteiger partial charge in [0.05, 0.1) is 6.61 Å². The molecule has 1 fully saturated rings. The van der Waals surface area contributed by atoms with E-state index >= 15 is 0 Å². The highest BCUT2D eigenvalue weighted by molar-refractivity contribution is 4.75. The standard InChI is InChI=1S/C7H15NO.C3H8/c1-8-5-3-4-7(8)6-9-2;1-3-2/h7H,3-6H2,1-2H3;3H2,1-2H3. The molecule has 0 spiro atoms. The number of rotatable bonds is 2. The van der Waals surface area contributed by atoms with Crippen LogP contribution in [0.1, 0.15) is 33.1 Å². The molecule has 0 aromatic carbocycles. The number of ether oxygens (including phenoxy) is 1. The summed E-state index contributed by atoms with van der Waals surface area (Å²) in [5.41, 5.74) is 0. The Labute approximate surface area is 76.9 Å². The molecule has 1 rings (SSSR count). The first-order valence-corrected chi connectivity index (χ1v) is 4.95.